The molecule has 0 amide bonds. The van der Waals surface area contributed by atoms with E-state index in [2.05, 4.69) is 13.8 Å². The summed E-state index contributed by atoms with van der Waals surface area (Å²) in [4.78, 5) is 0. The maximum atomic E-state index is 5.62. The van der Waals surface area contributed by atoms with Crippen LogP contribution >= 0.6 is 0 Å². The standard InChI is InChI=1S/C18H36O4/c1-6-8-10-11-12-13-14-17(16-22-15-9-7-2)18(19-3,20-4)21-5/h9,15,17H,6-8,10-14,16H2,1-5H3. The van der Waals surface area contributed by atoms with Crippen LogP contribution in [0.2, 0.25) is 0 Å². The summed E-state index contributed by atoms with van der Waals surface area (Å²) in [5.74, 6) is -0.982. The van der Waals surface area contributed by atoms with E-state index < -0.39 is 5.97 Å². The molecule has 0 spiro atoms. The monoisotopic (exact) mass is 316 g/mol. The highest BCUT2D eigenvalue weighted by atomic mass is 16.9. The minimum Gasteiger partial charge on any atom is -0.501 e. The second-order valence-corrected chi connectivity index (χ2v) is 5.58. The van der Waals surface area contributed by atoms with Crippen LogP contribution in [0.4, 0.5) is 0 Å². The molecule has 0 aliphatic carbocycles. The smallest absolute Gasteiger partial charge is 0.288 e. The Bertz CT molecular complexity index is 254. The molecule has 1 unspecified atom stereocenters. The van der Waals surface area contributed by atoms with Crippen LogP contribution in [0, 0.1) is 5.92 Å². The van der Waals surface area contributed by atoms with Gasteiger partial charge in [-0.2, -0.15) is 0 Å². The van der Waals surface area contributed by atoms with Crippen LogP contribution in [0.15, 0.2) is 12.3 Å². The molecule has 0 aromatic rings. The molecule has 22 heavy (non-hydrogen) atoms. The lowest BCUT2D eigenvalue weighted by Crippen LogP contribution is -2.45. The van der Waals surface area contributed by atoms with Gasteiger partial charge in [-0.1, -0.05) is 58.4 Å². The summed E-state index contributed by atoms with van der Waals surface area (Å²) in [6.45, 7) is 4.85. The van der Waals surface area contributed by atoms with Gasteiger partial charge in [0.25, 0.3) is 5.97 Å². The minimum atomic E-state index is -1.02. The maximum Gasteiger partial charge on any atom is 0.288 e. The van der Waals surface area contributed by atoms with Crippen molar-refractivity contribution >= 4 is 0 Å². The van der Waals surface area contributed by atoms with Crippen LogP contribution in [0.25, 0.3) is 0 Å². The Hall–Kier alpha value is -0.580. The number of hydrogen-bond donors (Lipinski definition) is 0. The summed E-state index contributed by atoms with van der Waals surface area (Å²) in [5, 5.41) is 0. The van der Waals surface area contributed by atoms with Gasteiger partial charge in [0.05, 0.1) is 18.8 Å². The van der Waals surface area contributed by atoms with E-state index in [1.165, 1.54) is 32.1 Å². The predicted octanol–water partition coefficient (Wildman–Crippen LogP) is 4.89. The number of rotatable bonds is 15. The van der Waals surface area contributed by atoms with Gasteiger partial charge >= 0.3 is 0 Å². The van der Waals surface area contributed by atoms with Gasteiger partial charge in [0.1, 0.15) is 0 Å². The topological polar surface area (TPSA) is 36.9 Å². The van der Waals surface area contributed by atoms with E-state index >= 15 is 0 Å². The van der Waals surface area contributed by atoms with Crippen LogP contribution in [-0.2, 0) is 18.9 Å². The van der Waals surface area contributed by atoms with Crippen molar-refractivity contribution in [3.63, 3.8) is 0 Å². The minimum absolute atomic E-state index is 0.0418. The highest BCUT2D eigenvalue weighted by Crippen LogP contribution is 2.29. The van der Waals surface area contributed by atoms with E-state index in [4.69, 9.17) is 18.9 Å². The van der Waals surface area contributed by atoms with Crippen molar-refractivity contribution in [3.05, 3.63) is 12.3 Å². The summed E-state index contributed by atoms with van der Waals surface area (Å²) in [6.07, 6.45) is 13.2. The van der Waals surface area contributed by atoms with Crippen molar-refractivity contribution in [2.75, 3.05) is 27.9 Å². The van der Waals surface area contributed by atoms with Crippen LogP contribution in [0.5, 0.6) is 0 Å². The Kier molecular flexibility index (Phi) is 13.7. The van der Waals surface area contributed by atoms with Crippen molar-refractivity contribution in [1.29, 1.82) is 0 Å². The molecule has 0 saturated carbocycles. The van der Waals surface area contributed by atoms with Crippen molar-refractivity contribution < 1.29 is 18.9 Å². The third-order valence-electron chi connectivity index (χ3n) is 3.99. The largest absolute Gasteiger partial charge is 0.501 e. The molecule has 4 heteroatoms. The van der Waals surface area contributed by atoms with E-state index in [1.807, 2.05) is 6.08 Å². The third-order valence-corrected chi connectivity index (χ3v) is 3.99. The lowest BCUT2D eigenvalue weighted by atomic mass is 9.98. The first kappa shape index (κ1) is 21.4. The highest BCUT2D eigenvalue weighted by molar-refractivity contribution is 4.75. The number of hydrogen-bond acceptors (Lipinski definition) is 4. The average molecular weight is 316 g/mol. The van der Waals surface area contributed by atoms with Gasteiger partial charge in [0, 0.05) is 21.3 Å². The third kappa shape index (κ3) is 8.16. The summed E-state index contributed by atoms with van der Waals surface area (Å²) >= 11 is 0. The fourth-order valence-electron chi connectivity index (χ4n) is 2.62. The van der Waals surface area contributed by atoms with Gasteiger partial charge in [-0.15, -0.1) is 0 Å². The van der Waals surface area contributed by atoms with Gasteiger partial charge in [0.15, 0.2) is 0 Å². The zero-order valence-corrected chi connectivity index (χ0v) is 15.2. The quantitative estimate of drug-likeness (QED) is 0.245. The molecule has 0 saturated heterocycles. The molecule has 1 atom stereocenters. The molecule has 0 aliphatic rings. The van der Waals surface area contributed by atoms with Gasteiger partial charge in [-0.25, -0.2) is 0 Å². The Balaban J connectivity index is 4.41. The molecule has 0 aromatic carbocycles. The van der Waals surface area contributed by atoms with Crippen LogP contribution in [0.1, 0.15) is 65.2 Å². The maximum absolute atomic E-state index is 5.62. The lowest BCUT2D eigenvalue weighted by molar-refractivity contribution is -0.382. The molecule has 4 nitrogen and oxygen atoms in total. The fraction of sp³-hybridized carbons (Fsp3) is 0.889. The molecule has 0 N–H and O–H groups in total. The molecule has 0 bridgehead atoms. The molecule has 0 fully saturated rings. The number of unbranched alkanes of at least 4 members (excludes halogenated alkanes) is 5. The van der Waals surface area contributed by atoms with Gasteiger partial charge in [-0.3, -0.25) is 0 Å². The SMILES string of the molecule is CCC=COCC(CCCCCCCC)C(OC)(OC)OC. The molecule has 0 aliphatic heterocycles. The second-order valence-electron chi connectivity index (χ2n) is 5.58. The van der Waals surface area contributed by atoms with Gasteiger partial charge < -0.3 is 18.9 Å². The molecule has 0 aromatic heterocycles. The molecule has 0 radical (unpaired) electrons. The zero-order chi connectivity index (χ0) is 16.7. The van der Waals surface area contributed by atoms with Crippen LogP contribution in [0.3, 0.4) is 0 Å². The summed E-state index contributed by atoms with van der Waals surface area (Å²) in [6, 6.07) is 0. The van der Waals surface area contributed by atoms with Crippen molar-refractivity contribution in [3.8, 4) is 0 Å². The molecule has 0 rings (SSSR count). The number of methoxy groups -OCH3 is 3. The van der Waals surface area contributed by atoms with Crippen molar-refractivity contribution in [2.24, 2.45) is 5.92 Å². The average Bonchev–Trinajstić information content (AvgIpc) is 2.55. The Morgan fingerprint density at radius 1 is 0.864 bits per heavy atom. The number of allylic oxidation sites excluding steroid dienone is 1. The lowest BCUT2D eigenvalue weighted by Gasteiger charge is -2.36. The van der Waals surface area contributed by atoms with Crippen molar-refractivity contribution in [1.82, 2.24) is 0 Å². The second kappa shape index (κ2) is 14.0. The molecule has 132 valence electrons. The molecule has 0 heterocycles. The summed E-state index contributed by atoms with van der Waals surface area (Å²) in [7, 11) is 4.84. The van der Waals surface area contributed by atoms with E-state index in [0.717, 1.165) is 19.3 Å². The number of ether oxygens (including phenoxy) is 4. The Morgan fingerprint density at radius 3 is 2.00 bits per heavy atom. The first-order valence-corrected chi connectivity index (χ1v) is 8.62. The van der Waals surface area contributed by atoms with E-state index in [1.54, 1.807) is 27.6 Å². The zero-order valence-electron chi connectivity index (χ0n) is 15.2. The summed E-state index contributed by atoms with van der Waals surface area (Å²) in [5.41, 5.74) is 0. The molecular weight excluding hydrogens is 280 g/mol. The predicted molar refractivity (Wildman–Crippen MR) is 90.6 cm³/mol. The fourth-order valence-corrected chi connectivity index (χ4v) is 2.62. The van der Waals surface area contributed by atoms with Crippen LogP contribution in [-0.4, -0.2) is 33.9 Å². The summed E-state index contributed by atoms with van der Waals surface area (Å²) < 4.78 is 22.1. The van der Waals surface area contributed by atoms with Gasteiger partial charge in [0.2, 0.25) is 0 Å². The van der Waals surface area contributed by atoms with E-state index in [-0.39, 0.29) is 5.92 Å². The normalized spacial score (nSPS) is 13.7. The van der Waals surface area contributed by atoms with Crippen LogP contribution < -0.4 is 0 Å². The van der Waals surface area contributed by atoms with Crippen molar-refractivity contribution in [2.45, 2.75) is 71.2 Å². The first-order valence-electron chi connectivity index (χ1n) is 8.62. The Morgan fingerprint density at radius 2 is 1.45 bits per heavy atom. The van der Waals surface area contributed by atoms with E-state index in [9.17, 15) is 0 Å². The highest BCUT2D eigenvalue weighted by Gasteiger charge is 2.40. The first-order chi connectivity index (χ1) is 10.7. The van der Waals surface area contributed by atoms with E-state index in [0.29, 0.717) is 6.61 Å². The Labute approximate surface area is 137 Å². The van der Waals surface area contributed by atoms with Gasteiger partial charge in [-0.05, 0) is 12.8 Å². The molecular formula is C18H36O4.